The highest BCUT2D eigenvalue weighted by Crippen LogP contribution is 2.30. The smallest absolute Gasteiger partial charge is 0.204 e. The zero-order valence-electron chi connectivity index (χ0n) is 17.7. The van der Waals surface area contributed by atoms with Gasteiger partial charge in [-0.25, -0.2) is 9.13 Å². The van der Waals surface area contributed by atoms with Gasteiger partial charge in [0.15, 0.2) is 18.6 Å². The Balaban J connectivity index is 1.37. The molecule has 0 bridgehead atoms. The van der Waals surface area contributed by atoms with Gasteiger partial charge in [-0.2, -0.15) is 12.6 Å². The maximum absolute atomic E-state index is 4.30. The molecule has 1 unspecified atom stereocenters. The van der Waals surface area contributed by atoms with E-state index in [1.807, 2.05) is 6.07 Å². The highest BCUT2D eigenvalue weighted by Gasteiger charge is 2.24. The molecular formula is C26H31N3S+2. The minimum atomic E-state index is 0.613. The van der Waals surface area contributed by atoms with Crippen molar-refractivity contribution in [1.82, 2.24) is 0 Å². The summed E-state index contributed by atoms with van der Waals surface area (Å²) < 4.78 is 4.38. The van der Waals surface area contributed by atoms with Gasteiger partial charge >= 0.3 is 0 Å². The molecule has 0 saturated carbocycles. The lowest BCUT2D eigenvalue weighted by Crippen LogP contribution is -2.33. The number of nitrogens with zero attached hydrogens (tertiary/aromatic N) is 3. The minimum absolute atomic E-state index is 0.613. The summed E-state index contributed by atoms with van der Waals surface area (Å²) in [6.07, 6.45) is 13.2. The molecule has 154 valence electrons. The fraction of sp³-hybridized carbons (Fsp3) is 0.308. The molecule has 0 radical (unpaired) electrons. The molecule has 1 aliphatic heterocycles. The SMILES string of the molecule is C[n+]1ccccc1/C=C/c1ccc(N2CCC(c3cc[n+](CCCS)cc3)C2)cc1. The van der Waals surface area contributed by atoms with Gasteiger partial charge in [0.1, 0.15) is 13.6 Å². The first-order chi connectivity index (χ1) is 14.7. The van der Waals surface area contributed by atoms with Crippen molar-refractivity contribution in [2.45, 2.75) is 25.3 Å². The van der Waals surface area contributed by atoms with Crippen LogP contribution in [0.5, 0.6) is 0 Å². The number of anilines is 1. The van der Waals surface area contributed by atoms with Gasteiger partial charge in [-0.1, -0.05) is 12.1 Å². The number of hydrogen-bond donors (Lipinski definition) is 1. The zero-order chi connectivity index (χ0) is 20.8. The Morgan fingerprint density at radius 2 is 1.80 bits per heavy atom. The van der Waals surface area contributed by atoms with Gasteiger partial charge in [-0.05, 0) is 47.6 Å². The molecule has 3 nitrogen and oxygen atoms in total. The molecule has 1 fully saturated rings. The van der Waals surface area contributed by atoms with E-state index in [0.29, 0.717) is 5.92 Å². The van der Waals surface area contributed by atoms with E-state index >= 15 is 0 Å². The second kappa shape index (κ2) is 9.94. The van der Waals surface area contributed by atoms with Crippen molar-refractivity contribution in [3.8, 4) is 0 Å². The van der Waals surface area contributed by atoms with E-state index in [4.69, 9.17) is 0 Å². The third-order valence-electron chi connectivity index (χ3n) is 5.95. The van der Waals surface area contributed by atoms with Crippen LogP contribution in [-0.2, 0) is 13.6 Å². The van der Waals surface area contributed by atoms with Crippen LogP contribution in [0.4, 0.5) is 5.69 Å². The lowest BCUT2D eigenvalue weighted by Gasteiger charge is -2.19. The van der Waals surface area contributed by atoms with Crippen molar-refractivity contribution in [3.05, 3.63) is 90.0 Å². The standard InChI is InChI=1S/C26H30N3S/c1-27-15-3-2-5-25(27)9-6-22-7-10-26(11-8-22)29-19-14-24(21-29)23-12-17-28(18-13-23)16-4-20-30/h2-3,5-13,15,17-18,24H,4,14,16,19-21H2,1H3/q+1/p+1. The Morgan fingerprint density at radius 3 is 2.53 bits per heavy atom. The summed E-state index contributed by atoms with van der Waals surface area (Å²) >= 11 is 4.30. The highest BCUT2D eigenvalue weighted by molar-refractivity contribution is 7.80. The van der Waals surface area contributed by atoms with Gasteiger partial charge in [-0.3, -0.25) is 0 Å². The molecule has 0 amide bonds. The summed E-state index contributed by atoms with van der Waals surface area (Å²) in [5.74, 6) is 1.55. The van der Waals surface area contributed by atoms with Gasteiger partial charge in [0, 0.05) is 61.5 Å². The minimum Gasteiger partial charge on any atom is -0.371 e. The van der Waals surface area contributed by atoms with E-state index in [0.717, 1.165) is 31.8 Å². The molecule has 0 aliphatic carbocycles. The molecule has 1 saturated heterocycles. The number of aryl methyl sites for hydroxylation is 2. The molecule has 2 aromatic heterocycles. The first-order valence-electron chi connectivity index (χ1n) is 10.8. The molecule has 1 aliphatic rings. The van der Waals surface area contributed by atoms with Crippen molar-refractivity contribution in [1.29, 1.82) is 0 Å². The topological polar surface area (TPSA) is 11.0 Å². The first kappa shape index (κ1) is 20.7. The summed E-state index contributed by atoms with van der Waals surface area (Å²) in [4.78, 5) is 2.51. The normalized spacial score (nSPS) is 16.5. The van der Waals surface area contributed by atoms with Crippen LogP contribution in [0.1, 0.15) is 35.6 Å². The molecule has 3 aromatic rings. The van der Waals surface area contributed by atoms with E-state index in [-0.39, 0.29) is 0 Å². The van der Waals surface area contributed by atoms with Crippen LogP contribution in [0.3, 0.4) is 0 Å². The van der Waals surface area contributed by atoms with Crippen molar-refractivity contribution >= 4 is 30.5 Å². The van der Waals surface area contributed by atoms with Crippen molar-refractivity contribution in [2.24, 2.45) is 7.05 Å². The van der Waals surface area contributed by atoms with Crippen LogP contribution in [0, 0.1) is 0 Å². The van der Waals surface area contributed by atoms with Gasteiger partial charge in [0.2, 0.25) is 5.69 Å². The Labute approximate surface area is 185 Å². The predicted octanol–water partition coefficient (Wildman–Crippen LogP) is 4.28. The second-order valence-corrected chi connectivity index (χ2v) is 8.49. The van der Waals surface area contributed by atoms with Crippen LogP contribution < -0.4 is 14.0 Å². The Bertz CT molecular complexity index is 980. The number of rotatable bonds is 7. The predicted molar refractivity (Wildman–Crippen MR) is 128 cm³/mol. The molecular weight excluding hydrogens is 386 g/mol. The summed E-state index contributed by atoms with van der Waals surface area (Å²) in [7, 11) is 2.07. The van der Waals surface area contributed by atoms with Crippen LogP contribution in [0.15, 0.2) is 73.2 Å². The van der Waals surface area contributed by atoms with Crippen LogP contribution in [0.25, 0.3) is 12.2 Å². The quantitative estimate of drug-likeness (QED) is 0.447. The average molecular weight is 418 g/mol. The highest BCUT2D eigenvalue weighted by atomic mass is 32.1. The van der Waals surface area contributed by atoms with Gasteiger partial charge in [0.05, 0.1) is 0 Å². The number of benzene rings is 1. The van der Waals surface area contributed by atoms with E-state index in [9.17, 15) is 0 Å². The fourth-order valence-corrected chi connectivity index (χ4v) is 4.24. The number of thiol groups is 1. The maximum Gasteiger partial charge on any atom is 0.204 e. The summed E-state index contributed by atoms with van der Waals surface area (Å²) in [5.41, 5.74) is 5.19. The Hall–Kier alpha value is -2.59. The van der Waals surface area contributed by atoms with Gasteiger partial charge in [0.25, 0.3) is 0 Å². The first-order valence-corrected chi connectivity index (χ1v) is 11.4. The van der Waals surface area contributed by atoms with Crippen LogP contribution in [0.2, 0.25) is 0 Å². The van der Waals surface area contributed by atoms with E-state index in [1.54, 1.807) is 0 Å². The van der Waals surface area contributed by atoms with Crippen LogP contribution in [-0.4, -0.2) is 18.8 Å². The molecule has 4 rings (SSSR count). The molecule has 3 heterocycles. The number of hydrogen-bond acceptors (Lipinski definition) is 2. The molecule has 4 heteroatoms. The van der Waals surface area contributed by atoms with Crippen molar-refractivity contribution in [3.63, 3.8) is 0 Å². The van der Waals surface area contributed by atoms with Crippen molar-refractivity contribution < 1.29 is 9.13 Å². The monoisotopic (exact) mass is 417 g/mol. The lowest BCUT2D eigenvalue weighted by atomic mass is 10.00. The Morgan fingerprint density at radius 1 is 1.00 bits per heavy atom. The van der Waals surface area contributed by atoms with Crippen LogP contribution >= 0.6 is 12.6 Å². The number of pyridine rings is 2. The third kappa shape index (κ3) is 5.11. The van der Waals surface area contributed by atoms with E-state index in [2.05, 4.69) is 113 Å². The van der Waals surface area contributed by atoms with E-state index in [1.165, 1.54) is 28.9 Å². The van der Waals surface area contributed by atoms with Gasteiger partial charge in [-0.15, -0.1) is 0 Å². The molecule has 1 atom stereocenters. The zero-order valence-corrected chi connectivity index (χ0v) is 18.6. The summed E-state index contributed by atoms with van der Waals surface area (Å²) in [6.45, 7) is 3.26. The largest absolute Gasteiger partial charge is 0.371 e. The third-order valence-corrected chi connectivity index (χ3v) is 6.27. The summed E-state index contributed by atoms with van der Waals surface area (Å²) in [5, 5.41) is 0. The van der Waals surface area contributed by atoms with E-state index < -0.39 is 0 Å². The lowest BCUT2D eigenvalue weighted by molar-refractivity contribution is -0.696. The molecule has 0 N–H and O–H groups in total. The maximum atomic E-state index is 4.30. The number of aromatic nitrogens is 2. The van der Waals surface area contributed by atoms with Gasteiger partial charge < -0.3 is 4.90 Å². The van der Waals surface area contributed by atoms with Crippen molar-refractivity contribution in [2.75, 3.05) is 23.7 Å². The molecule has 30 heavy (non-hydrogen) atoms. The molecule has 1 aromatic carbocycles. The summed E-state index contributed by atoms with van der Waals surface area (Å²) in [6, 6.07) is 19.8. The molecule has 0 spiro atoms. The Kier molecular flexibility index (Phi) is 6.85. The second-order valence-electron chi connectivity index (χ2n) is 8.04. The average Bonchev–Trinajstić information content (AvgIpc) is 3.28. The fourth-order valence-electron chi connectivity index (χ4n) is 4.10.